The first kappa shape index (κ1) is 11.2. The Labute approximate surface area is 74.9 Å². The van der Waals surface area contributed by atoms with E-state index in [2.05, 4.69) is 0 Å². The third-order valence-electron chi connectivity index (χ3n) is 2.29. The zero-order chi connectivity index (χ0) is 7.40. The Bertz CT molecular complexity index is 92.1. The Morgan fingerprint density at radius 1 is 1.27 bits per heavy atom. The maximum absolute atomic E-state index is 5.75. The number of methoxy groups -OCH3 is 1. The molecule has 1 rings (SSSR count). The van der Waals surface area contributed by atoms with Crippen LogP contribution in [0.5, 0.6) is 0 Å². The number of halogens is 1. The topological polar surface area (TPSA) is 35.2 Å². The lowest BCUT2D eigenvalue weighted by Crippen LogP contribution is -2.27. The molecule has 11 heavy (non-hydrogen) atoms. The van der Waals surface area contributed by atoms with E-state index in [1.54, 1.807) is 7.11 Å². The Morgan fingerprint density at radius 3 is 2.27 bits per heavy atom. The van der Waals surface area contributed by atoms with E-state index in [4.69, 9.17) is 10.5 Å². The molecule has 0 aliphatic heterocycles. The van der Waals surface area contributed by atoms with E-state index >= 15 is 0 Å². The number of ether oxygens (including phenoxy) is 1. The van der Waals surface area contributed by atoms with Crippen molar-refractivity contribution in [1.82, 2.24) is 0 Å². The minimum absolute atomic E-state index is 0. The molecule has 0 saturated heterocycles. The van der Waals surface area contributed by atoms with E-state index in [1.807, 2.05) is 0 Å². The van der Waals surface area contributed by atoms with Crippen LogP contribution in [0.15, 0.2) is 0 Å². The van der Waals surface area contributed by atoms with Gasteiger partial charge in [-0.1, -0.05) is 0 Å². The van der Waals surface area contributed by atoms with Crippen molar-refractivity contribution in [2.45, 2.75) is 31.7 Å². The molecule has 1 saturated carbocycles. The second-order valence-corrected chi connectivity index (χ2v) is 3.24. The molecule has 1 aliphatic rings. The minimum atomic E-state index is 0. The van der Waals surface area contributed by atoms with Gasteiger partial charge in [-0.25, -0.2) is 0 Å². The largest absolute Gasteiger partial charge is 0.384 e. The minimum Gasteiger partial charge on any atom is -0.384 e. The lowest BCUT2D eigenvalue weighted by molar-refractivity contribution is 0.127. The average molecular weight is 180 g/mol. The second-order valence-electron chi connectivity index (χ2n) is 3.24. The van der Waals surface area contributed by atoms with Gasteiger partial charge in [-0.15, -0.1) is 12.4 Å². The van der Waals surface area contributed by atoms with E-state index in [9.17, 15) is 0 Å². The van der Waals surface area contributed by atoms with Crippen LogP contribution in [0.2, 0.25) is 0 Å². The summed E-state index contributed by atoms with van der Waals surface area (Å²) in [6.07, 6.45) is 4.89. The van der Waals surface area contributed by atoms with E-state index in [1.165, 1.54) is 25.7 Å². The fourth-order valence-corrected chi connectivity index (χ4v) is 1.59. The van der Waals surface area contributed by atoms with Crippen LogP contribution in [0.3, 0.4) is 0 Å². The lowest BCUT2D eigenvalue weighted by Gasteiger charge is -2.25. The molecule has 0 amide bonds. The van der Waals surface area contributed by atoms with Gasteiger partial charge in [0, 0.05) is 19.8 Å². The highest BCUT2D eigenvalue weighted by Crippen LogP contribution is 2.22. The first-order valence-electron chi connectivity index (χ1n) is 4.07. The summed E-state index contributed by atoms with van der Waals surface area (Å²) in [5.74, 6) is 0.782. The number of hydrogen-bond donors (Lipinski definition) is 1. The van der Waals surface area contributed by atoms with Crippen molar-refractivity contribution < 1.29 is 4.74 Å². The van der Waals surface area contributed by atoms with Gasteiger partial charge in [0.1, 0.15) is 0 Å². The van der Waals surface area contributed by atoms with Crippen LogP contribution in [0, 0.1) is 5.92 Å². The van der Waals surface area contributed by atoms with Gasteiger partial charge >= 0.3 is 0 Å². The molecule has 0 bridgehead atoms. The first-order valence-corrected chi connectivity index (χ1v) is 4.07. The van der Waals surface area contributed by atoms with Crippen molar-refractivity contribution in [2.75, 3.05) is 13.7 Å². The normalized spacial score (nSPS) is 31.1. The smallest absolute Gasteiger partial charge is 0.0490 e. The van der Waals surface area contributed by atoms with Crippen LogP contribution in [-0.2, 0) is 4.74 Å². The number of rotatable bonds is 2. The number of hydrogen-bond acceptors (Lipinski definition) is 2. The maximum Gasteiger partial charge on any atom is 0.0490 e. The Hall–Kier alpha value is 0.210. The monoisotopic (exact) mass is 179 g/mol. The summed E-state index contributed by atoms with van der Waals surface area (Å²) in [4.78, 5) is 0. The van der Waals surface area contributed by atoms with Gasteiger partial charge in [0.15, 0.2) is 0 Å². The summed E-state index contributed by atoms with van der Waals surface area (Å²) in [7, 11) is 1.77. The lowest BCUT2D eigenvalue weighted by atomic mass is 9.87. The molecule has 2 N–H and O–H groups in total. The Morgan fingerprint density at radius 2 is 1.82 bits per heavy atom. The molecule has 0 spiro atoms. The van der Waals surface area contributed by atoms with Crippen LogP contribution in [-0.4, -0.2) is 19.8 Å². The quantitative estimate of drug-likeness (QED) is 0.699. The standard InChI is InChI=1S/C8H17NO.ClH/c1-10-6-7-2-4-8(9)5-3-7;/h7-8H,2-6,9H2,1H3;1H/t7-,8+;. The molecule has 0 heterocycles. The highest BCUT2D eigenvalue weighted by atomic mass is 35.5. The summed E-state index contributed by atoms with van der Waals surface area (Å²) in [6, 6.07) is 0.466. The fraction of sp³-hybridized carbons (Fsp3) is 1.00. The maximum atomic E-state index is 5.75. The summed E-state index contributed by atoms with van der Waals surface area (Å²) >= 11 is 0. The van der Waals surface area contributed by atoms with Crippen molar-refractivity contribution in [3.05, 3.63) is 0 Å². The van der Waals surface area contributed by atoms with Gasteiger partial charge in [-0.05, 0) is 31.6 Å². The van der Waals surface area contributed by atoms with E-state index < -0.39 is 0 Å². The van der Waals surface area contributed by atoms with Gasteiger partial charge in [0.05, 0.1) is 0 Å². The molecule has 0 radical (unpaired) electrons. The third kappa shape index (κ3) is 3.94. The third-order valence-corrected chi connectivity index (χ3v) is 2.29. The van der Waals surface area contributed by atoms with Crippen LogP contribution >= 0.6 is 12.4 Å². The highest BCUT2D eigenvalue weighted by molar-refractivity contribution is 5.85. The Balaban J connectivity index is 0.000001000. The van der Waals surface area contributed by atoms with Crippen molar-refractivity contribution in [3.63, 3.8) is 0 Å². The molecule has 0 aromatic heterocycles. The predicted molar refractivity (Wildman–Crippen MR) is 49.1 cm³/mol. The van der Waals surface area contributed by atoms with Crippen LogP contribution in [0.1, 0.15) is 25.7 Å². The van der Waals surface area contributed by atoms with Gasteiger partial charge in [0.2, 0.25) is 0 Å². The van der Waals surface area contributed by atoms with Crippen molar-refractivity contribution >= 4 is 12.4 Å². The van der Waals surface area contributed by atoms with E-state index in [-0.39, 0.29) is 12.4 Å². The van der Waals surface area contributed by atoms with Gasteiger partial charge in [0.25, 0.3) is 0 Å². The first-order chi connectivity index (χ1) is 4.83. The van der Waals surface area contributed by atoms with Gasteiger partial charge in [-0.2, -0.15) is 0 Å². The fourth-order valence-electron chi connectivity index (χ4n) is 1.59. The SMILES string of the molecule is COC[C@H]1CC[C@@H](N)CC1.Cl. The highest BCUT2D eigenvalue weighted by Gasteiger charge is 2.17. The molecule has 1 aliphatic carbocycles. The van der Waals surface area contributed by atoms with Gasteiger partial charge < -0.3 is 10.5 Å². The van der Waals surface area contributed by atoms with E-state index in [0.29, 0.717) is 6.04 Å². The molecule has 0 unspecified atom stereocenters. The number of nitrogens with two attached hydrogens (primary N) is 1. The van der Waals surface area contributed by atoms with Gasteiger partial charge in [-0.3, -0.25) is 0 Å². The van der Waals surface area contributed by atoms with Crippen LogP contribution < -0.4 is 5.73 Å². The van der Waals surface area contributed by atoms with Crippen molar-refractivity contribution in [2.24, 2.45) is 11.7 Å². The van der Waals surface area contributed by atoms with E-state index in [0.717, 1.165) is 12.5 Å². The van der Waals surface area contributed by atoms with Crippen LogP contribution in [0.25, 0.3) is 0 Å². The summed E-state index contributed by atoms with van der Waals surface area (Å²) in [5, 5.41) is 0. The zero-order valence-corrected chi connectivity index (χ0v) is 7.90. The average Bonchev–Trinajstić information content (AvgIpc) is 1.95. The molecule has 68 valence electrons. The van der Waals surface area contributed by atoms with Crippen molar-refractivity contribution in [3.8, 4) is 0 Å². The summed E-state index contributed by atoms with van der Waals surface area (Å²) in [6.45, 7) is 0.923. The summed E-state index contributed by atoms with van der Waals surface area (Å²) < 4.78 is 5.08. The predicted octanol–water partition coefficient (Wildman–Crippen LogP) is 1.57. The van der Waals surface area contributed by atoms with Crippen molar-refractivity contribution in [1.29, 1.82) is 0 Å². The molecule has 3 heteroatoms. The molecule has 1 fully saturated rings. The Kier molecular flexibility index (Phi) is 5.92. The second kappa shape index (κ2) is 5.81. The molecule has 0 atom stereocenters. The molecular weight excluding hydrogens is 162 g/mol. The molecule has 0 aromatic carbocycles. The summed E-state index contributed by atoms with van der Waals surface area (Å²) in [5.41, 5.74) is 5.75. The molecule has 0 aromatic rings. The van der Waals surface area contributed by atoms with Crippen LogP contribution in [0.4, 0.5) is 0 Å². The molecule has 2 nitrogen and oxygen atoms in total. The zero-order valence-electron chi connectivity index (χ0n) is 7.08. The molecular formula is C8H18ClNO.